The molecule has 158 valence electrons. The quantitative estimate of drug-likeness (QED) is 0.369. The lowest BCUT2D eigenvalue weighted by Gasteiger charge is -2.19. The van der Waals surface area contributed by atoms with E-state index in [2.05, 4.69) is 10.3 Å². The number of hydrogen-bond donors (Lipinski definition) is 2. The van der Waals surface area contributed by atoms with E-state index < -0.39 is 17.6 Å². The number of carbonyl (C=O) groups is 1. The summed E-state index contributed by atoms with van der Waals surface area (Å²) in [5.74, 6) is -0.873. The van der Waals surface area contributed by atoms with Gasteiger partial charge in [-0.15, -0.1) is 0 Å². The van der Waals surface area contributed by atoms with E-state index in [1.807, 2.05) is 48.7 Å². The van der Waals surface area contributed by atoms with Crippen molar-refractivity contribution < 1.29 is 18.0 Å². The summed E-state index contributed by atoms with van der Waals surface area (Å²) in [6, 6.07) is 19.5. The van der Waals surface area contributed by atoms with E-state index in [1.165, 1.54) is 12.1 Å². The van der Waals surface area contributed by atoms with E-state index in [4.69, 9.17) is 11.6 Å². The maximum atomic E-state index is 13.0. The Hall–Kier alpha value is -3.25. The molecule has 0 unspecified atom stereocenters. The van der Waals surface area contributed by atoms with Crippen molar-refractivity contribution in [3.05, 3.63) is 106 Å². The normalized spacial score (nSPS) is 12.6. The molecule has 7 heteroatoms. The van der Waals surface area contributed by atoms with Gasteiger partial charge in [0.15, 0.2) is 0 Å². The van der Waals surface area contributed by atoms with Crippen LogP contribution < -0.4 is 5.32 Å². The van der Waals surface area contributed by atoms with Crippen molar-refractivity contribution in [1.82, 2.24) is 10.3 Å². The molecule has 0 radical (unpaired) electrons. The second kappa shape index (κ2) is 8.47. The first-order valence-electron chi connectivity index (χ1n) is 9.60. The van der Waals surface area contributed by atoms with Crippen molar-refractivity contribution in [3.8, 4) is 0 Å². The summed E-state index contributed by atoms with van der Waals surface area (Å²) >= 11 is 6.44. The number of aromatic nitrogens is 1. The SMILES string of the molecule is O=C(NC[C@H](c1ccccc1Cl)c1c[nH]c2ccccc12)c1cccc(C(F)(F)F)c1. The fourth-order valence-electron chi connectivity index (χ4n) is 3.66. The molecule has 1 heterocycles. The Morgan fingerprint density at radius 1 is 0.968 bits per heavy atom. The van der Waals surface area contributed by atoms with Gasteiger partial charge in [-0.3, -0.25) is 4.79 Å². The topological polar surface area (TPSA) is 44.9 Å². The first-order chi connectivity index (χ1) is 14.8. The zero-order valence-electron chi connectivity index (χ0n) is 16.2. The second-order valence-electron chi connectivity index (χ2n) is 7.15. The van der Waals surface area contributed by atoms with Crippen molar-refractivity contribution in [2.75, 3.05) is 6.54 Å². The molecule has 1 aromatic heterocycles. The molecule has 2 N–H and O–H groups in total. The fraction of sp³-hybridized carbons (Fsp3) is 0.125. The van der Waals surface area contributed by atoms with Crippen LogP contribution in [-0.4, -0.2) is 17.4 Å². The summed E-state index contributed by atoms with van der Waals surface area (Å²) in [6.45, 7) is 0.167. The molecule has 31 heavy (non-hydrogen) atoms. The first kappa shape index (κ1) is 21.0. The number of hydrogen-bond acceptors (Lipinski definition) is 1. The average molecular weight is 443 g/mol. The minimum Gasteiger partial charge on any atom is -0.361 e. The largest absolute Gasteiger partial charge is 0.416 e. The van der Waals surface area contributed by atoms with Crippen LogP contribution in [0.25, 0.3) is 10.9 Å². The number of carbonyl (C=O) groups excluding carboxylic acids is 1. The van der Waals surface area contributed by atoms with Gasteiger partial charge in [0.2, 0.25) is 0 Å². The number of benzene rings is 3. The van der Waals surface area contributed by atoms with Crippen molar-refractivity contribution in [1.29, 1.82) is 0 Å². The third kappa shape index (κ3) is 4.44. The van der Waals surface area contributed by atoms with Gasteiger partial charge in [0, 0.05) is 40.1 Å². The molecule has 0 aliphatic carbocycles. The summed E-state index contributed by atoms with van der Waals surface area (Å²) in [5.41, 5.74) is 1.79. The smallest absolute Gasteiger partial charge is 0.361 e. The highest BCUT2D eigenvalue weighted by atomic mass is 35.5. The predicted molar refractivity (Wildman–Crippen MR) is 115 cm³/mol. The third-order valence-electron chi connectivity index (χ3n) is 5.20. The standard InChI is InChI=1S/C24H18ClF3N2O/c25-21-10-3-1-8-17(21)19(20-13-29-22-11-4-2-9-18(20)22)14-30-23(31)15-6-5-7-16(12-15)24(26,27)28/h1-13,19,29H,14H2,(H,30,31)/t19-/m1/s1. The Labute approximate surface area is 181 Å². The zero-order valence-corrected chi connectivity index (χ0v) is 17.0. The van der Waals surface area contributed by atoms with Gasteiger partial charge in [0.1, 0.15) is 0 Å². The van der Waals surface area contributed by atoms with Gasteiger partial charge >= 0.3 is 6.18 Å². The number of alkyl halides is 3. The fourth-order valence-corrected chi connectivity index (χ4v) is 3.93. The van der Waals surface area contributed by atoms with Crippen LogP contribution in [0.5, 0.6) is 0 Å². The molecule has 0 aliphatic heterocycles. The molecule has 4 aromatic rings. The highest BCUT2D eigenvalue weighted by Crippen LogP contribution is 2.34. The molecular formula is C24H18ClF3N2O. The number of amides is 1. The summed E-state index contributed by atoms with van der Waals surface area (Å²) in [4.78, 5) is 15.9. The molecule has 0 saturated carbocycles. The van der Waals surface area contributed by atoms with Gasteiger partial charge in [-0.1, -0.05) is 54.1 Å². The van der Waals surface area contributed by atoms with Crippen LogP contribution in [0, 0.1) is 0 Å². The minimum atomic E-state index is -4.51. The summed E-state index contributed by atoms with van der Waals surface area (Å²) < 4.78 is 39.0. The number of fused-ring (bicyclic) bond motifs is 1. The lowest BCUT2D eigenvalue weighted by Crippen LogP contribution is -2.29. The molecule has 1 amide bonds. The van der Waals surface area contributed by atoms with E-state index >= 15 is 0 Å². The van der Waals surface area contributed by atoms with Gasteiger partial charge in [0.05, 0.1) is 5.56 Å². The number of nitrogens with one attached hydrogen (secondary N) is 2. The first-order valence-corrected chi connectivity index (χ1v) is 9.98. The summed E-state index contributed by atoms with van der Waals surface area (Å²) in [7, 11) is 0. The molecule has 0 bridgehead atoms. The van der Waals surface area contributed by atoms with E-state index in [-0.39, 0.29) is 18.0 Å². The third-order valence-corrected chi connectivity index (χ3v) is 5.54. The van der Waals surface area contributed by atoms with Crippen LogP contribution in [-0.2, 0) is 6.18 Å². The molecule has 0 spiro atoms. The molecule has 0 saturated heterocycles. The molecule has 0 fully saturated rings. The lowest BCUT2D eigenvalue weighted by molar-refractivity contribution is -0.137. The number of rotatable bonds is 5. The van der Waals surface area contributed by atoms with Gasteiger partial charge in [0.25, 0.3) is 5.91 Å². The molecule has 3 nitrogen and oxygen atoms in total. The average Bonchev–Trinajstić information content (AvgIpc) is 3.18. The van der Waals surface area contributed by atoms with Gasteiger partial charge in [-0.05, 0) is 41.5 Å². The maximum Gasteiger partial charge on any atom is 0.416 e. The summed E-state index contributed by atoms with van der Waals surface area (Å²) in [6.07, 6.45) is -2.64. The van der Waals surface area contributed by atoms with Crippen LogP contribution in [0.15, 0.2) is 79.0 Å². The van der Waals surface area contributed by atoms with Crippen molar-refractivity contribution in [3.63, 3.8) is 0 Å². The van der Waals surface area contributed by atoms with Crippen molar-refractivity contribution in [2.45, 2.75) is 12.1 Å². The number of halogens is 4. The molecule has 1 atom stereocenters. The van der Waals surface area contributed by atoms with Crippen molar-refractivity contribution >= 4 is 28.4 Å². The van der Waals surface area contributed by atoms with E-state index in [9.17, 15) is 18.0 Å². The highest BCUT2D eigenvalue weighted by Gasteiger charge is 2.31. The molecule has 0 aliphatic rings. The summed E-state index contributed by atoms with van der Waals surface area (Å²) in [5, 5.41) is 4.31. The lowest BCUT2D eigenvalue weighted by atomic mass is 9.90. The van der Waals surface area contributed by atoms with E-state index in [1.54, 1.807) is 6.07 Å². The van der Waals surface area contributed by atoms with Crippen LogP contribution in [0.1, 0.15) is 33.0 Å². The van der Waals surface area contributed by atoms with Crippen LogP contribution in [0.3, 0.4) is 0 Å². The van der Waals surface area contributed by atoms with Gasteiger partial charge in [-0.2, -0.15) is 13.2 Å². The molecular weight excluding hydrogens is 425 g/mol. The molecule has 4 rings (SSSR count). The van der Waals surface area contributed by atoms with Crippen LogP contribution in [0.2, 0.25) is 5.02 Å². The number of aromatic amines is 1. The maximum absolute atomic E-state index is 13.0. The predicted octanol–water partition coefficient (Wildman–Crippen LogP) is 6.40. The van der Waals surface area contributed by atoms with E-state index in [0.717, 1.165) is 34.2 Å². The Kier molecular flexibility index (Phi) is 5.74. The van der Waals surface area contributed by atoms with E-state index in [0.29, 0.717) is 5.02 Å². The van der Waals surface area contributed by atoms with Crippen LogP contribution >= 0.6 is 11.6 Å². The monoisotopic (exact) mass is 442 g/mol. The number of H-pyrrole nitrogens is 1. The molecule has 3 aromatic carbocycles. The Bertz CT molecular complexity index is 1230. The van der Waals surface area contributed by atoms with Crippen LogP contribution in [0.4, 0.5) is 13.2 Å². The Morgan fingerprint density at radius 3 is 2.48 bits per heavy atom. The highest BCUT2D eigenvalue weighted by molar-refractivity contribution is 6.31. The number of para-hydroxylation sites is 1. The zero-order chi connectivity index (χ0) is 22.0. The van der Waals surface area contributed by atoms with Gasteiger partial charge in [-0.25, -0.2) is 0 Å². The Morgan fingerprint density at radius 2 is 1.71 bits per heavy atom. The second-order valence-corrected chi connectivity index (χ2v) is 7.56. The van der Waals surface area contributed by atoms with Crippen molar-refractivity contribution in [2.24, 2.45) is 0 Å². The minimum absolute atomic E-state index is 0.0494. The Balaban J connectivity index is 1.65. The van der Waals surface area contributed by atoms with Gasteiger partial charge < -0.3 is 10.3 Å².